The fourth-order valence-corrected chi connectivity index (χ4v) is 4.78. The van der Waals surface area contributed by atoms with Crippen LogP contribution in [0.4, 0.5) is 10.1 Å². The van der Waals surface area contributed by atoms with E-state index < -0.39 is 0 Å². The Morgan fingerprint density at radius 1 is 0.806 bits per heavy atom. The van der Waals surface area contributed by atoms with Gasteiger partial charge in [0, 0.05) is 52.5 Å². The molecule has 1 aromatic heterocycles. The maximum Gasteiger partial charge on any atom is 0.173 e. The van der Waals surface area contributed by atoms with Gasteiger partial charge in [-0.1, -0.05) is 54.6 Å². The monoisotopic (exact) mass is 485 g/mol. The van der Waals surface area contributed by atoms with E-state index in [4.69, 9.17) is 0 Å². The van der Waals surface area contributed by atoms with Gasteiger partial charge in [-0.15, -0.1) is 5.10 Å². The van der Waals surface area contributed by atoms with Crippen LogP contribution in [0.1, 0.15) is 28.6 Å². The Labute approximate surface area is 211 Å². The minimum atomic E-state index is -0.247. The van der Waals surface area contributed by atoms with Gasteiger partial charge in [0.15, 0.2) is 5.82 Å². The predicted molar refractivity (Wildman–Crippen MR) is 139 cm³/mol. The third kappa shape index (κ3) is 5.61. The third-order valence-corrected chi connectivity index (χ3v) is 6.80. The molecular formula is C28H32FN7. The van der Waals surface area contributed by atoms with Crippen LogP contribution in [0.5, 0.6) is 0 Å². The molecule has 0 radical (unpaired) electrons. The molecule has 4 aromatic rings. The van der Waals surface area contributed by atoms with Gasteiger partial charge in [0.2, 0.25) is 0 Å². The molecular weight excluding hydrogens is 453 g/mol. The number of tetrazole rings is 1. The maximum absolute atomic E-state index is 13.4. The molecule has 8 heteroatoms. The van der Waals surface area contributed by atoms with Gasteiger partial charge in [-0.05, 0) is 51.4 Å². The van der Waals surface area contributed by atoms with Gasteiger partial charge in [0.25, 0.3) is 0 Å². The predicted octanol–water partition coefficient (Wildman–Crippen LogP) is 3.83. The summed E-state index contributed by atoms with van der Waals surface area (Å²) >= 11 is 0. The zero-order valence-electron chi connectivity index (χ0n) is 20.8. The molecule has 1 unspecified atom stereocenters. The second-order valence-electron chi connectivity index (χ2n) is 9.51. The quantitative estimate of drug-likeness (QED) is 0.378. The van der Waals surface area contributed by atoms with E-state index in [0.29, 0.717) is 6.54 Å². The topological polar surface area (TPSA) is 53.3 Å². The molecule has 0 saturated carbocycles. The van der Waals surface area contributed by atoms with Crippen molar-refractivity contribution in [2.75, 3.05) is 45.2 Å². The normalized spacial score (nSPS) is 15.6. The zero-order chi connectivity index (χ0) is 24.9. The van der Waals surface area contributed by atoms with Crippen molar-refractivity contribution >= 4 is 5.69 Å². The molecule has 0 bridgehead atoms. The summed E-state index contributed by atoms with van der Waals surface area (Å²) in [6, 6.07) is 25.7. The Morgan fingerprint density at radius 3 is 2.14 bits per heavy atom. The summed E-state index contributed by atoms with van der Waals surface area (Å²) in [4.78, 5) is 7.07. The SMILES string of the molecule is CN(C)c1ccc(C(c2nnnn2Cc2ccc(F)cc2)N2CCN(Cc3ccccc3)CC2)cc1. The van der Waals surface area contributed by atoms with Crippen LogP contribution in [0, 0.1) is 5.82 Å². The molecule has 0 spiro atoms. The molecule has 0 aliphatic carbocycles. The Morgan fingerprint density at radius 2 is 1.47 bits per heavy atom. The van der Waals surface area contributed by atoms with Crippen LogP contribution >= 0.6 is 0 Å². The standard InChI is InChI=1S/C28H32FN7/c1-33(2)26-14-10-24(11-15-26)27(28-30-31-32-36(28)21-23-8-12-25(29)13-9-23)35-18-16-34(17-19-35)20-22-6-4-3-5-7-22/h3-15,27H,16-21H2,1-2H3. The number of benzene rings is 3. The average Bonchev–Trinajstić information content (AvgIpc) is 3.35. The second-order valence-corrected chi connectivity index (χ2v) is 9.51. The van der Waals surface area contributed by atoms with Crippen LogP contribution in [0.3, 0.4) is 0 Å². The highest BCUT2D eigenvalue weighted by atomic mass is 19.1. The third-order valence-electron chi connectivity index (χ3n) is 6.80. The van der Waals surface area contributed by atoms with E-state index in [1.165, 1.54) is 17.7 Å². The van der Waals surface area contributed by atoms with Gasteiger partial charge < -0.3 is 4.90 Å². The molecule has 0 N–H and O–H groups in total. The molecule has 186 valence electrons. The van der Waals surface area contributed by atoms with E-state index in [1.54, 1.807) is 12.1 Å². The number of hydrogen-bond acceptors (Lipinski definition) is 6. The first-order valence-corrected chi connectivity index (χ1v) is 12.3. The first-order valence-electron chi connectivity index (χ1n) is 12.3. The number of nitrogens with zero attached hydrogens (tertiary/aromatic N) is 7. The minimum Gasteiger partial charge on any atom is -0.378 e. The van der Waals surface area contributed by atoms with Crippen molar-refractivity contribution in [3.63, 3.8) is 0 Å². The second kappa shape index (κ2) is 11.0. The van der Waals surface area contributed by atoms with Crippen molar-refractivity contribution < 1.29 is 4.39 Å². The number of piperazine rings is 1. The average molecular weight is 486 g/mol. The van der Waals surface area contributed by atoms with Crippen molar-refractivity contribution in [2.45, 2.75) is 19.1 Å². The van der Waals surface area contributed by atoms with Gasteiger partial charge in [-0.2, -0.15) is 0 Å². The molecule has 7 nitrogen and oxygen atoms in total. The number of aromatic nitrogens is 4. The van der Waals surface area contributed by atoms with Crippen LogP contribution in [0.25, 0.3) is 0 Å². The molecule has 3 aromatic carbocycles. The summed E-state index contributed by atoms with van der Waals surface area (Å²) in [5.41, 5.74) is 4.60. The molecule has 1 aliphatic rings. The Balaban J connectivity index is 1.39. The molecule has 2 heterocycles. The summed E-state index contributed by atoms with van der Waals surface area (Å²) in [5.74, 6) is 0.552. The van der Waals surface area contributed by atoms with Gasteiger partial charge >= 0.3 is 0 Å². The summed E-state index contributed by atoms with van der Waals surface area (Å²) in [6.07, 6.45) is 0. The lowest BCUT2D eigenvalue weighted by Gasteiger charge is -2.39. The van der Waals surface area contributed by atoms with Gasteiger partial charge in [-0.25, -0.2) is 9.07 Å². The zero-order valence-corrected chi connectivity index (χ0v) is 20.8. The number of anilines is 1. The maximum atomic E-state index is 13.4. The van der Waals surface area contributed by atoms with Crippen LogP contribution in [0.15, 0.2) is 78.9 Å². The van der Waals surface area contributed by atoms with E-state index in [2.05, 4.69) is 84.8 Å². The van der Waals surface area contributed by atoms with Gasteiger partial charge in [0.1, 0.15) is 5.82 Å². The summed E-state index contributed by atoms with van der Waals surface area (Å²) in [7, 11) is 4.09. The van der Waals surface area contributed by atoms with Crippen molar-refractivity contribution in [1.82, 2.24) is 30.0 Å². The fourth-order valence-electron chi connectivity index (χ4n) is 4.78. The summed E-state index contributed by atoms with van der Waals surface area (Å²) in [5, 5.41) is 12.8. The molecule has 1 aliphatic heterocycles. The smallest absolute Gasteiger partial charge is 0.173 e. The Bertz CT molecular complexity index is 1230. The highest BCUT2D eigenvalue weighted by Crippen LogP contribution is 2.30. The molecule has 1 fully saturated rings. The van der Waals surface area contributed by atoms with Crippen LogP contribution in [-0.4, -0.2) is 70.3 Å². The first-order chi connectivity index (χ1) is 17.6. The van der Waals surface area contributed by atoms with Crippen molar-refractivity contribution in [2.24, 2.45) is 0 Å². The van der Waals surface area contributed by atoms with Crippen LogP contribution < -0.4 is 4.90 Å². The van der Waals surface area contributed by atoms with E-state index in [0.717, 1.165) is 55.4 Å². The lowest BCUT2D eigenvalue weighted by atomic mass is 10.0. The highest BCUT2D eigenvalue weighted by molar-refractivity contribution is 5.47. The molecule has 1 saturated heterocycles. The van der Waals surface area contributed by atoms with Crippen molar-refractivity contribution in [1.29, 1.82) is 0 Å². The summed E-state index contributed by atoms with van der Waals surface area (Å²) in [6.45, 7) is 5.22. The Hall–Kier alpha value is -3.62. The first kappa shape index (κ1) is 24.1. The van der Waals surface area contributed by atoms with Crippen LogP contribution in [-0.2, 0) is 13.1 Å². The van der Waals surface area contributed by atoms with E-state index in [1.807, 2.05) is 18.8 Å². The number of hydrogen-bond donors (Lipinski definition) is 0. The van der Waals surface area contributed by atoms with E-state index in [9.17, 15) is 4.39 Å². The van der Waals surface area contributed by atoms with E-state index in [-0.39, 0.29) is 11.9 Å². The number of rotatable bonds is 8. The molecule has 36 heavy (non-hydrogen) atoms. The lowest BCUT2D eigenvalue weighted by molar-refractivity contribution is 0.100. The number of halogens is 1. The van der Waals surface area contributed by atoms with Crippen molar-refractivity contribution in [3.8, 4) is 0 Å². The highest BCUT2D eigenvalue weighted by Gasteiger charge is 2.30. The van der Waals surface area contributed by atoms with E-state index >= 15 is 0 Å². The molecule has 0 amide bonds. The van der Waals surface area contributed by atoms with Gasteiger partial charge in [-0.3, -0.25) is 9.80 Å². The molecule has 5 rings (SSSR count). The largest absolute Gasteiger partial charge is 0.378 e. The van der Waals surface area contributed by atoms with Crippen LogP contribution in [0.2, 0.25) is 0 Å². The lowest BCUT2D eigenvalue weighted by Crippen LogP contribution is -2.48. The minimum absolute atomic E-state index is 0.0736. The van der Waals surface area contributed by atoms with Gasteiger partial charge in [0.05, 0.1) is 12.6 Å². The fraction of sp³-hybridized carbons (Fsp3) is 0.321. The summed E-state index contributed by atoms with van der Waals surface area (Å²) < 4.78 is 15.3. The molecule has 1 atom stereocenters. The Kier molecular flexibility index (Phi) is 7.34. The van der Waals surface area contributed by atoms with Crippen molar-refractivity contribution in [3.05, 3.63) is 107 Å².